The van der Waals surface area contributed by atoms with Crippen molar-refractivity contribution in [2.24, 2.45) is 0 Å². The number of hydrogen-bond acceptors (Lipinski definition) is 2. The maximum absolute atomic E-state index is 11.9. The Labute approximate surface area is 121 Å². The Balaban J connectivity index is 2.53. The van der Waals surface area contributed by atoms with E-state index in [0.29, 0.717) is 17.7 Å². The molecule has 0 saturated heterocycles. The highest BCUT2D eigenvalue weighted by Gasteiger charge is 2.09. The van der Waals surface area contributed by atoms with Gasteiger partial charge in [-0.25, -0.2) is 0 Å². The molecule has 4 heteroatoms. The Morgan fingerprint density at radius 1 is 1.00 bits per heavy atom. The van der Waals surface area contributed by atoms with E-state index in [2.05, 4.69) is 17.6 Å². The molecule has 20 heavy (non-hydrogen) atoms. The first kappa shape index (κ1) is 16.2. The van der Waals surface area contributed by atoms with E-state index in [4.69, 9.17) is 0 Å². The molecular weight excluding hydrogens is 252 g/mol. The molecule has 0 aliphatic carbocycles. The van der Waals surface area contributed by atoms with Crippen molar-refractivity contribution in [2.45, 2.75) is 46.1 Å². The molecule has 0 heterocycles. The fraction of sp³-hybridized carbons (Fsp3) is 0.500. The number of carbonyl (C=O) groups is 2. The van der Waals surface area contributed by atoms with Crippen molar-refractivity contribution in [2.75, 3.05) is 6.54 Å². The van der Waals surface area contributed by atoms with Gasteiger partial charge in [0.05, 0.1) is 0 Å². The van der Waals surface area contributed by atoms with Crippen molar-refractivity contribution in [3.05, 3.63) is 35.4 Å². The molecule has 0 aliphatic heterocycles. The fourth-order valence-corrected chi connectivity index (χ4v) is 1.80. The van der Waals surface area contributed by atoms with Crippen LogP contribution in [-0.4, -0.2) is 24.4 Å². The standard InChI is InChI=1S/C16H24N2O2/c1-4-5-6-11-17-15(19)13-7-9-14(10-8-13)16(20)18-12(2)3/h7-10,12H,4-6,11H2,1-3H3,(H,17,19)(H,18,20). The molecule has 2 N–H and O–H groups in total. The Bertz CT molecular complexity index is 438. The van der Waals surface area contributed by atoms with Crippen LogP contribution in [0.4, 0.5) is 0 Å². The van der Waals surface area contributed by atoms with Gasteiger partial charge in [0.2, 0.25) is 0 Å². The van der Waals surface area contributed by atoms with Crippen molar-refractivity contribution >= 4 is 11.8 Å². The number of carbonyl (C=O) groups excluding carboxylic acids is 2. The maximum atomic E-state index is 11.9. The lowest BCUT2D eigenvalue weighted by Crippen LogP contribution is -2.30. The summed E-state index contributed by atoms with van der Waals surface area (Å²) in [4.78, 5) is 23.6. The van der Waals surface area contributed by atoms with Gasteiger partial charge in [-0.1, -0.05) is 19.8 Å². The molecule has 0 radical (unpaired) electrons. The molecule has 2 amide bonds. The van der Waals surface area contributed by atoms with Gasteiger partial charge < -0.3 is 10.6 Å². The average molecular weight is 276 g/mol. The Kier molecular flexibility index (Phi) is 6.77. The topological polar surface area (TPSA) is 58.2 Å². The molecule has 0 fully saturated rings. The van der Waals surface area contributed by atoms with Gasteiger partial charge in [-0.2, -0.15) is 0 Å². The van der Waals surface area contributed by atoms with Crippen LogP contribution in [0.2, 0.25) is 0 Å². The molecule has 0 unspecified atom stereocenters. The van der Waals surface area contributed by atoms with Crippen molar-refractivity contribution in [1.82, 2.24) is 10.6 Å². The van der Waals surface area contributed by atoms with Gasteiger partial charge in [0.25, 0.3) is 11.8 Å². The zero-order chi connectivity index (χ0) is 15.0. The molecule has 0 aliphatic rings. The number of benzene rings is 1. The largest absolute Gasteiger partial charge is 0.352 e. The minimum atomic E-state index is -0.116. The normalized spacial score (nSPS) is 10.4. The van der Waals surface area contributed by atoms with Gasteiger partial charge in [-0.3, -0.25) is 9.59 Å². The van der Waals surface area contributed by atoms with Gasteiger partial charge in [-0.15, -0.1) is 0 Å². The van der Waals surface area contributed by atoms with E-state index in [0.717, 1.165) is 19.3 Å². The van der Waals surface area contributed by atoms with Crippen molar-refractivity contribution in [1.29, 1.82) is 0 Å². The summed E-state index contributed by atoms with van der Waals surface area (Å²) < 4.78 is 0. The Hall–Kier alpha value is -1.84. The monoisotopic (exact) mass is 276 g/mol. The molecule has 1 aromatic rings. The highest BCUT2D eigenvalue weighted by molar-refractivity contribution is 5.97. The van der Waals surface area contributed by atoms with Crippen LogP contribution in [-0.2, 0) is 0 Å². The number of hydrogen-bond donors (Lipinski definition) is 2. The summed E-state index contributed by atoms with van der Waals surface area (Å²) >= 11 is 0. The molecule has 0 saturated carbocycles. The molecule has 110 valence electrons. The van der Waals surface area contributed by atoms with Crippen LogP contribution in [0, 0.1) is 0 Å². The van der Waals surface area contributed by atoms with E-state index < -0.39 is 0 Å². The van der Waals surface area contributed by atoms with E-state index in [1.165, 1.54) is 0 Å². The molecule has 0 bridgehead atoms. The van der Waals surface area contributed by atoms with E-state index >= 15 is 0 Å². The quantitative estimate of drug-likeness (QED) is 0.752. The van der Waals surface area contributed by atoms with Crippen molar-refractivity contribution < 1.29 is 9.59 Å². The van der Waals surface area contributed by atoms with Crippen LogP contribution >= 0.6 is 0 Å². The molecule has 0 aromatic heterocycles. The molecule has 0 spiro atoms. The lowest BCUT2D eigenvalue weighted by molar-refractivity contribution is 0.0935. The average Bonchev–Trinajstić information content (AvgIpc) is 2.43. The number of amides is 2. The first-order valence-corrected chi connectivity index (χ1v) is 7.23. The Morgan fingerprint density at radius 3 is 2.05 bits per heavy atom. The first-order chi connectivity index (χ1) is 9.54. The third-order valence-corrected chi connectivity index (χ3v) is 2.89. The van der Waals surface area contributed by atoms with Crippen LogP contribution in [0.15, 0.2) is 24.3 Å². The van der Waals surface area contributed by atoms with Crippen LogP contribution < -0.4 is 10.6 Å². The first-order valence-electron chi connectivity index (χ1n) is 7.23. The van der Waals surface area contributed by atoms with E-state index in [-0.39, 0.29) is 17.9 Å². The third-order valence-electron chi connectivity index (χ3n) is 2.89. The van der Waals surface area contributed by atoms with Gasteiger partial charge in [0.1, 0.15) is 0 Å². The van der Waals surface area contributed by atoms with Crippen LogP contribution in [0.3, 0.4) is 0 Å². The number of nitrogens with one attached hydrogen (secondary N) is 2. The zero-order valence-corrected chi connectivity index (χ0v) is 12.5. The van der Waals surface area contributed by atoms with E-state index in [9.17, 15) is 9.59 Å². The summed E-state index contributed by atoms with van der Waals surface area (Å²) in [7, 11) is 0. The molecule has 0 atom stereocenters. The van der Waals surface area contributed by atoms with E-state index in [1.54, 1.807) is 24.3 Å². The second-order valence-electron chi connectivity index (χ2n) is 5.17. The summed E-state index contributed by atoms with van der Waals surface area (Å²) in [5, 5.41) is 5.69. The fourth-order valence-electron chi connectivity index (χ4n) is 1.80. The number of unbranched alkanes of at least 4 members (excludes halogenated alkanes) is 2. The predicted octanol–water partition coefficient (Wildman–Crippen LogP) is 2.74. The van der Waals surface area contributed by atoms with Gasteiger partial charge >= 0.3 is 0 Å². The van der Waals surface area contributed by atoms with Crippen LogP contribution in [0.1, 0.15) is 60.7 Å². The molecule has 1 aromatic carbocycles. The minimum Gasteiger partial charge on any atom is -0.352 e. The molecule has 4 nitrogen and oxygen atoms in total. The van der Waals surface area contributed by atoms with Crippen LogP contribution in [0.25, 0.3) is 0 Å². The summed E-state index contributed by atoms with van der Waals surface area (Å²) in [6.07, 6.45) is 3.25. The van der Waals surface area contributed by atoms with Crippen molar-refractivity contribution in [3.63, 3.8) is 0 Å². The third kappa shape index (κ3) is 5.43. The summed E-state index contributed by atoms with van der Waals surface area (Å²) in [6, 6.07) is 6.83. The maximum Gasteiger partial charge on any atom is 0.251 e. The predicted molar refractivity (Wildman–Crippen MR) is 80.9 cm³/mol. The smallest absolute Gasteiger partial charge is 0.251 e. The second kappa shape index (κ2) is 8.35. The van der Waals surface area contributed by atoms with Gasteiger partial charge in [-0.05, 0) is 44.5 Å². The highest BCUT2D eigenvalue weighted by atomic mass is 16.2. The lowest BCUT2D eigenvalue weighted by atomic mass is 10.1. The SMILES string of the molecule is CCCCCNC(=O)c1ccc(C(=O)NC(C)C)cc1. The van der Waals surface area contributed by atoms with Crippen molar-refractivity contribution in [3.8, 4) is 0 Å². The van der Waals surface area contributed by atoms with Crippen LogP contribution in [0.5, 0.6) is 0 Å². The second-order valence-corrected chi connectivity index (χ2v) is 5.17. The van der Waals surface area contributed by atoms with Gasteiger partial charge in [0.15, 0.2) is 0 Å². The molecule has 1 rings (SSSR count). The number of rotatable bonds is 7. The summed E-state index contributed by atoms with van der Waals surface area (Å²) in [5.41, 5.74) is 1.16. The summed E-state index contributed by atoms with van der Waals surface area (Å²) in [5.74, 6) is -0.202. The molecular formula is C16H24N2O2. The zero-order valence-electron chi connectivity index (χ0n) is 12.5. The van der Waals surface area contributed by atoms with E-state index in [1.807, 2.05) is 13.8 Å². The summed E-state index contributed by atoms with van der Waals surface area (Å²) in [6.45, 7) is 6.65. The highest BCUT2D eigenvalue weighted by Crippen LogP contribution is 2.05. The Morgan fingerprint density at radius 2 is 1.55 bits per heavy atom. The van der Waals surface area contributed by atoms with Gasteiger partial charge in [0, 0.05) is 23.7 Å². The lowest BCUT2D eigenvalue weighted by Gasteiger charge is -2.09. The minimum absolute atomic E-state index is 0.0862.